The highest BCUT2D eigenvalue weighted by Crippen LogP contribution is 2.26. The van der Waals surface area contributed by atoms with Crippen molar-refractivity contribution in [3.63, 3.8) is 0 Å². The first-order valence-corrected chi connectivity index (χ1v) is 6.42. The highest BCUT2D eigenvalue weighted by atomic mass is 19.1. The fourth-order valence-electron chi connectivity index (χ4n) is 2.44. The molecule has 1 fully saturated rings. The van der Waals surface area contributed by atoms with E-state index in [1.165, 1.54) is 19.2 Å². The Balaban J connectivity index is 2.21. The molecule has 2 rings (SSSR count). The zero-order valence-electron chi connectivity index (χ0n) is 11.2. The number of ether oxygens (including phenoxy) is 1. The van der Waals surface area contributed by atoms with Gasteiger partial charge in [0.1, 0.15) is 17.1 Å². The molecule has 0 bridgehead atoms. The lowest BCUT2D eigenvalue weighted by atomic mass is 10.0. The average Bonchev–Trinajstić information content (AvgIpc) is 2.87. The van der Waals surface area contributed by atoms with Gasteiger partial charge < -0.3 is 15.4 Å². The van der Waals surface area contributed by atoms with Gasteiger partial charge in [-0.05, 0) is 31.4 Å². The molecule has 1 aromatic rings. The summed E-state index contributed by atoms with van der Waals surface area (Å²) in [4.78, 5) is 14.0. The molecule has 1 aliphatic heterocycles. The number of nitrogens with zero attached hydrogens (tertiary/aromatic N) is 1. The van der Waals surface area contributed by atoms with Crippen LogP contribution in [0.1, 0.15) is 23.7 Å². The Labute approximate surface area is 112 Å². The lowest BCUT2D eigenvalue weighted by Gasteiger charge is -2.19. The van der Waals surface area contributed by atoms with E-state index >= 15 is 0 Å². The molecule has 0 aliphatic carbocycles. The molecule has 2 unspecified atom stereocenters. The number of halogens is 1. The summed E-state index contributed by atoms with van der Waals surface area (Å²) >= 11 is 0. The van der Waals surface area contributed by atoms with Crippen LogP contribution in [0.15, 0.2) is 18.2 Å². The van der Waals surface area contributed by atoms with Gasteiger partial charge in [0.15, 0.2) is 0 Å². The quantitative estimate of drug-likeness (QED) is 0.905. The maximum Gasteiger partial charge on any atom is 0.260 e. The molecule has 1 heterocycles. The lowest BCUT2D eigenvalue weighted by molar-refractivity contribution is 0.0777. The molecular weight excluding hydrogens is 247 g/mol. The van der Waals surface area contributed by atoms with Gasteiger partial charge in [-0.3, -0.25) is 4.79 Å². The van der Waals surface area contributed by atoms with Crippen molar-refractivity contribution in [2.45, 2.75) is 19.4 Å². The molecule has 0 radical (unpaired) electrons. The molecule has 0 saturated carbocycles. The number of methoxy groups -OCH3 is 1. The van der Waals surface area contributed by atoms with E-state index in [0.717, 1.165) is 6.42 Å². The van der Waals surface area contributed by atoms with Crippen LogP contribution in [0.2, 0.25) is 0 Å². The fraction of sp³-hybridized carbons (Fsp3) is 0.500. The minimum atomic E-state index is -0.548. The summed E-state index contributed by atoms with van der Waals surface area (Å²) in [5.74, 6) is -0.317. The Morgan fingerprint density at radius 1 is 1.58 bits per heavy atom. The molecule has 2 N–H and O–H groups in total. The van der Waals surface area contributed by atoms with Gasteiger partial charge in [0, 0.05) is 19.1 Å². The van der Waals surface area contributed by atoms with E-state index < -0.39 is 5.82 Å². The molecule has 1 saturated heterocycles. The van der Waals surface area contributed by atoms with Crippen molar-refractivity contribution in [1.82, 2.24) is 4.90 Å². The molecule has 1 amide bonds. The Kier molecular flexibility index (Phi) is 4.04. The Morgan fingerprint density at radius 3 is 2.89 bits per heavy atom. The van der Waals surface area contributed by atoms with E-state index in [9.17, 15) is 9.18 Å². The molecule has 1 aromatic carbocycles. The van der Waals surface area contributed by atoms with E-state index in [1.807, 2.05) is 6.92 Å². The van der Waals surface area contributed by atoms with Gasteiger partial charge in [-0.1, -0.05) is 6.07 Å². The van der Waals surface area contributed by atoms with Gasteiger partial charge in [-0.15, -0.1) is 0 Å². The second kappa shape index (κ2) is 5.57. The first-order valence-electron chi connectivity index (χ1n) is 6.42. The first-order chi connectivity index (χ1) is 9.04. The molecule has 104 valence electrons. The summed E-state index contributed by atoms with van der Waals surface area (Å²) in [5.41, 5.74) is 5.86. The van der Waals surface area contributed by atoms with Crippen LogP contribution >= 0.6 is 0 Å². The number of rotatable bonds is 3. The molecule has 1 aliphatic rings. The topological polar surface area (TPSA) is 55.6 Å². The number of amides is 1. The van der Waals surface area contributed by atoms with Gasteiger partial charge >= 0.3 is 0 Å². The van der Waals surface area contributed by atoms with E-state index in [2.05, 4.69) is 0 Å². The van der Waals surface area contributed by atoms with Crippen LogP contribution in [0.4, 0.5) is 4.39 Å². The van der Waals surface area contributed by atoms with Crippen LogP contribution in [-0.4, -0.2) is 37.0 Å². The predicted octanol–water partition coefficient (Wildman–Crippen LogP) is 1.64. The third-order valence-electron chi connectivity index (χ3n) is 3.66. The van der Waals surface area contributed by atoms with Crippen molar-refractivity contribution >= 4 is 5.91 Å². The zero-order valence-corrected chi connectivity index (χ0v) is 11.2. The van der Waals surface area contributed by atoms with Crippen LogP contribution in [0, 0.1) is 11.7 Å². The van der Waals surface area contributed by atoms with Gasteiger partial charge in [0.2, 0.25) is 0 Å². The van der Waals surface area contributed by atoms with Crippen molar-refractivity contribution in [1.29, 1.82) is 0 Å². The molecule has 19 heavy (non-hydrogen) atoms. The van der Waals surface area contributed by atoms with E-state index in [0.29, 0.717) is 13.1 Å². The Hall–Kier alpha value is -1.62. The largest absolute Gasteiger partial charge is 0.496 e. The average molecular weight is 266 g/mol. The number of carbonyl (C=O) groups excluding carboxylic acids is 1. The second-order valence-corrected chi connectivity index (χ2v) is 4.98. The van der Waals surface area contributed by atoms with Crippen LogP contribution < -0.4 is 10.5 Å². The summed E-state index contributed by atoms with van der Waals surface area (Å²) < 4.78 is 18.9. The van der Waals surface area contributed by atoms with Gasteiger partial charge in [0.05, 0.1) is 7.11 Å². The van der Waals surface area contributed by atoms with Gasteiger partial charge in [0.25, 0.3) is 5.91 Å². The van der Waals surface area contributed by atoms with Crippen molar-refractivity contribution in [3.8, 4) is 5.75 Å². The zero-order chi connectivity index (χ0) is 14.0. The van der Waals surface area contributed by atoms with E-state index in [4.69, 9.17) is 10.5 Å². The second-order valence-electron chi connectivity index (χ2n) is 4.98. The summed E-state index contributed by atoms with van der Waals surface area (Å²) in [5, 5.41) is 0. The molecule has 5 heteroatoms. The van der Waals surface area contributed by atoms with Crippen LogP contribution in [0.5, 0.6) is 5.75 Å². The number of carbonyl (C=O) groups is 1. The maximum atomic E-state index is 13.8. The lowest BCUT2D eigenvalue weighted by Crippen LogP contribution is -2.33. The number of nitrogens with two attached hydrogens (primary N) is 1. The molecule has 2 atom stereocenters. The van der Waals surface area contributed by atoms with Crippen molar-refractivity contribution in [2.75, 3.05) is 20.2 Å². The summed E-state index contributed by atoms with van der Waals surface area (Å²) in [6, 6.07) is 4.43. The van der Waals surface area contributed by atoms with Crippen LogP contribution in [-0.2, 0) is 0 Å². The smallest absolute Gasteiger partial charge is 0.260 e. The van der Waals surface area contributed by atoms with Crippen molar-refractivity contribution in [2.24, 2.45) is 11.7 Å². The van der Waals surface area contributed by atoms with E-state index in [-0.39, 0.29) is 29.2 Å². The summed E-state index contributed by atoms with van der Waals surface area (Å²) in [6.07, 6.45) is 0.861. The summed E-state index contributed by atoms with van der Waals surface area (Å²) in [7, 11) is 1.43. The standard InChI is InChI=1S/C14H19FN2O2/c1-9(16)10-6-7-17(8-10)14(18)13-11(15)4-3-5-12(13)19-2/h3-5,9-10H,6-8,16H2,1-2H3. The maximum absolute atomic E-state index is 13.8. The highest BCUT2D eigenvalue weighted by molar-refractivity contribution is 5.97. The molecule has 4 nitrogen and oxygen atoms in total. The minimum Gasteiger partial charge on any atom is -0.496 e. The number of likely N-dealkylation sites (tertiary alicyclic amines) is 1. The Morgan fingerprint density at radius 2 is 2.32 bits per heavy atom. The number of hydrogen-bond donors (Lipinski definition) is 1. The van der Waals surface area contributed by atoms with E-state index in [1.54, 1.807) is 11.0 Å². The predicted molar refractivity (Wildman–Crippen MR) is 70.6 cm³/mol. The summed E-state index contributed by atoms with van der Waals surface area (Å²) in [6.45, 7) is 3.12. The first kappa shape index (κ1) is 13.8. The monoisotopic (exact) mass is 266 g/mol. The fourth-order valence-corrected chi connectivity index (χ4v) is 2.44. The van der Waals surface area contributed by atoms with Crippen LogP contribution in [0.25, 0.3) is 0 Å². The normalized spacial score (nSPS) is 20.4. The Bertz CT molecular complexity index is 477. The third-order valence-corrected chi connectivity index (χ3v) is 3.66. The minimum absolute atomic E-state index is 0.00956. The highest BCUT2D eigenvalue weighted by Gasteiger charge is 2.31. The number of benzene rings is 1. The molecule has 0 spiro atoms. The molecule has 0 aromatic heterocycles. The number of hydrogen-bond acceptors (Lipinski definition) is 3. The molecular formula is C14H19FN2O2. The van der Waals surface area contributed by atoms with Crippen molar-refractivity contribution < 1.29 is 13.9 Å². The van der Waals surface area contributed by atoms with Gasteiger partial charge in [-0.2, -0.15) is 0 Å². The van der Waals surface area contributed by atoms with Crippen LogP contribution in [0.3, 0.4) is 0 Å². The van der Waals surface area contributed by atoms with Gasteiger partial charge in [-0.25, -0.2) is 4.39 Å². The van der Waals surface area contributed by atoms with Crippen molar-refractivity contribution in [3.05, 3.63) is 29.6 Å². The third kappa shape index (κ3) is 2.71. The SMILES string of the molecule is COc1cccc(F)c1C(=O)N1CCC(C(C)N)C1.